The van der Waals surface area contributed by atoms with Crippen LogP contribution in [0, 0.1) is 0 Å². The van der Waals surface area contributed by atoms with Crippen molar-refractivity contribution in [2.45, 2.75) is 38.5 Å². The summed E-state index contributed by atoms with van der Waals surface area (Å²) in [6.07, 6.45) is 1.74. The van der Waals surface area contributed by atoms with Crippen LogP contribution < -0.4 is 5.32 Å². The highest BCUT2D eigenvalue weighted by Gasteiger charge is 2.28. The van der Waals surface area contributed by atoms with Gasteiger partial charge in [0, 0.05) is 13.1 Å². The Morgan fingerprint density at radius 1 is 1.33 bits per heavy atom. The molecule has 1 rings (SSSR count). The molecule has 0 aromatic heterocycles. The van der Waals surface area contributed by atoms with Gasteiger partial charge >= 0.3 is 0 Å². The van der Waals surface area contributed by atoms with E-state index >= 15 is 0 Å². The summed E-state index contributed by atoms with van der Waals surface area (Å²) >= 11 is 0. The van der Waals surface area contributed by atoms with Crippen molar-refractivity contribution < 1.29 is 5.11 Å². The van der Waals surface area contributed by atoms with Gasteiger partial charge in [0.15, 0.2) is 0 Å². The number of nitrogens with one attached hydrogen (secondary N) is 1. The molecule has 0 aromatic carbocycles. The van der Waals surface area contributed by atoms with Crippen molar-refractivity contribution in [1.82, 2.24) is 10.2 Å². The van der Waals surface area contributed by atoms with Gasteiger partial charge in [0.05, 0.1) is 11.8 Å². The molecule has 3 nitrogen and oxygen atoms in total. The van der Waals surface area contributed by atoms with Gasteiger partial charge in [-0.1, -0.05) is 0 Å². The first kappa shape index (κ1) is 9.96. The first-order chi connectivity index (χ1) is 5.56. The molecule has 1 fully saturated rings. The van der Waals surface area contributed by atoms with E-state index in [1.165, 1.54) is 0 Å². The molecule has 72 valence electrons. The van der Waals surface area contributed by atoms with Crippen molar-refractivity contribution in [3.05, 3.63) is 0 Å². The molecule has 1 saturated heterocycles. The normalized spacial score (nSPS) is 23.0. The van der Waals surface area contributed by atoms with Gasteiger partial charge in [-0.25, -0.2) is 0 Å². The van der Waals surface area contributed by atoms with Gasteiger partial charge in [-0.3, -0.25) is 4.90 Å². The van der Waals surface area contributed by atoms with Gasteiger partial charge in [-0.05, 0) is 33.7 Å². The minimum absolute atomic E-state index is 0.0696. The summed E-state index contributed by atoms with van der Waals surface area (Å²) in [5, 5.41) is 12.6. The molecular formula is C9H20N2O. The summed E-state index contributed by atoms with van der Waals surface area (Å²) in [6, 6.07) is 0. The number of hydrogen-bond donors (Lipinski definition) is 2. The lowest BCUT2D eigenvalue weighted by molar-refractivity contribution is 0.0187. The fraction of sp³-hybridized carbons (Fsp3) is 1.00. The predicted molar refractivity (Wildman–Crippen MR) is 50.0 cm³/mol. The summed E-state index contributed by atoms with van der Waals surface area (Å²) in [5.41, 5.74) is 0.0696. The maximum absolute atomic E-state index is 9.32. The predicted octanol–water partition coefficient (Wildman–Crippen LogP) is 0.399. The van der Waals surface area contributed by atoms with Crippen molar-refractivity contribution in [1.29, 1.82) is 0 Å². The molecule has 0 saturated carbocycles. The van der Waals surface area contributed by atoms with E-state index in [0.29, 0.717) is 0 Å². The second-order valence-electron chi connectivity index (χ2n) is 4.03. The lowest BCUT2D eigenvalue weighted by Crippen LogP contribution is -2.56. The summed E-state index contributed by atoms with van der Waals surface area (Å²) in [5.74, 6) is 0. The van der Waals surface area contributed by atoms with E-state index in [1.807, 2.05) is 7.05 Å². The molecule has 1 aliphatic rings. The van der Waals surface area contributed by atoms with Crippen molar-refractivity contribution in [2.75, 3.05) is 20.1 Å². The van der Waals surface area contributed by atoms with E-state index < -0.39 is 0 Å². The van der Waals surface area contributed by atoms with Gasteiger partial charge < -0.3 is 10.4 Å². The Hall–Kier alpha value is -0.120. The van der Waals surface area contributed by atoms with Crippen LogP contribution in [0.1, 0.15) is 26.7 Å². The van der Waals surface area contributed by atoms with Crippen molar-refractivity contribution in [2.24, 2.45) is 0 Å². The van der Waals surface area contributed by atoms with Crippen molar-refractivity contribution in [3.63, 3.8) is 0 Å². The van der Waals surface area contributed by atoms with Gasteiger partial charge in [0.2, 0.25) is 0 Å². The second-order valence-corrected chi connectivity index (χ2v) is 4.03. The molecule has 0 aliphatic carbocycles. The Labute approximate surface area is 74.8 Å². The third kappa shape index (κ3) is 2.19. The molecule has 1 heterocycles. The lowest BCUT2D eigenvalue weighted by atomic mass is 10.0. The molecule has 0 amide bonds. The molecule has 0 bridgehead atoms. The smallest absolute Gasteiger partial charge is 0.0652 e. The third-order valence-electron chi connectivity index (χ3n) is 2.87. The SMILES string of the molecule is CNC(C)(C)N1CCC(O)CC1. The molecule has 2 N–H and O–H groups in total. The number of piperidine rings is 1. The quantitative estimate of drug-likeness (QED) is 0.633. The molecule has 0 radical (unpaired) electrons. The molecule has 3 heteroatoms. The number of rotatable bonds is 2. The van der Waals surface area contributed by atoms with E-state index in [-0.39, 0.29) is 11.8 Å². The number of nitrogens with zero attached hydrogens (tertiary/aromatic N) is 1. The zero-order valence-corrected chi connectivity index (χ0v) is 8.30. The maximum atomic E-state index is 9.32. The van der Waals surface area contributed by atoms with Crippen molar-refractivity contribution in [3.8, 4) is 0 Å². The van der Waals surface area contributed by atoms with Crippen LogP contribution in [0.5, 0.6) is 0 Å². The highest BCUT2D eigenvalue weighted by molar-refractivity contribution is 4.82. The fourth-order valence-corrected chi connectivity index (χ4v) is 1.58. The summed E-state index contributed by atoms with van der Waals surface area (Å²) in [7, 11) is 1.98. The molecule has 12 heavy (non-hydrogen) atoms. The topological polar surface area (TPSA) is 35.5 Å². The number of hydrogen-bond acceptors (Lipinski definition) is 3. The number of aliphatic hydroxyl groups excluding tert-OH is 1. The van der Waals surface area contributed by atoms with Crippen molar-refractivity contribution >= 4 is 0 Å². The molecule has 0 atom stereocenters. The summed E-state index contributed by atoms with van der Waals surface area (Å²) in [4.78, 5) is 2.37. The van der Waals surface area contributed by atoms with Gasteiger partial charge in [-0.2, -0.15) is 0 Å². The van der Waals surface area contributed by atoms with E-state index in [0.717, 1.165) is 25.9 Å². The standard InChI is InChI=1S/C9H20N2O/c1-9(2,10-3)11-6-4-8(12)5-7-11/h8,10,12H,4-7H2,1-3H3. The van der Waals surface area contributed by atoms with Crippen LogP contribution in [0.3, 0.4) is 0 Å². The molecule has 0 unspecified atom stereocenters. The second kappa shape index (κ2) is 3.73. The first-order valence-corrected chi connectivity index (χ1v) is 4.68. The van der Waals surface area contributed by atoms with E-state index in [4.69, 9.17) is 0 Å². The fourth-order valence-electron chi connectivity index (χ4n) is 1.58. The van der Waals surface area contributed by atoms with E-state index in [1.54, 1.807) is 0 Å². The zero-order chi connectivity index (χ0) is 9.19. The zero-order valence-electron chi connectivity index (χ0n) is 8.30. The largest absolute Gasteiger partial charge is 0.393 e. The summed E-state index contributed by atoms with van der Waals surface area (Å²) in [6.45, 7) is 6.33. The Morgan fingerprint density at radius 2 is 1.83 bits per heavy atom. The molecule has 0 spiro atoms. The summed E-state index contributed by atoms with van der Waals surface area (Å²) < 4.78 is 0. The first-order valence-electron chi connectivity index (χ1n) is 4.68. The third-order valence-corrected chi connectivity index (χ3v) is 2.87. The Morgan fingerprint density at radius 3 is 2.25 bits per heavy atom. The maximum Gasteiger partial charge on any atom is 0.0652 e. The van der Waals surface area contributed by atoms with Gasteiger partial charge in [-0.15, -0.1) is 0 Å². The van der Waals surface area contributed by atoms with Gasteiger partial charge in [0.1, 0.15) is 0 Å². The monoisotopic (exact) mass is 172 g/mol. The van der Waals surface area contributed by atoms with Crippen LogP contribution >= 0.6 is 0 Å². The minimum Gasteiger partial charge on any atom is -0.393 e. The molecule has 1 aliphatic heterocycles. The van der Waals surface area contributed by atoms with Crippen LogP contribution in [0.15, 0.2) is 0 Å². The van der Waals surface area contributed by atoms with Crippen LogP contribution in [0.4, 0.5) is 0 Å². The lowest BCUT2D eigenvalue weighted by Gasteiger charge is -2.41. The van der Waals surface area contributed by atoms with Crippen LogP contribution in [0.2, 0.25) is 0 Å². The Balaban J connectivity index is 2.44. The highest BCUT2D eigenvalue weighted by Crippen LogP contribution is 2.17. The van der Waals surface area contributed by atoms with Crippen LogP contribution in [0.25, 0.3) is 0 Å². The van der Waals surface area contributed by atoms with E-state index in [2.05, 4.69) is 24.1 Å². The van der Waals surface area contributed by atoms with Gasteiger partial charge in [0.25, 0.3) is 0 Å². The molecular weight excluding hydrogens is 152 g/mol. The highest BCUT2D eigenvalue weighted by atomic mass is 16.3. The Bertz CT molecular complexity index is 139. The average molecular weight is 172 g/mol. The Kier molecular flexibility index (Phi) is 3.09. The van der Waals surface area contributed by atoms with Crippen LogP contribution in [-0.4, -0.2) is 41.9 Å². The van der Waals surface area contributed by atoms with Crippen LogP contribution in [-0.2, 0) is 0 Å². The minimum atomic E-state index is -0.0751. The van der Waals surface area contributed by atoms with E-state index in [9.17, 15) is 5.11 Å². The number of aliphatic hydroxyl groups is 1. The number of likely N-dealkylation sites (tertiary alicyclic amines) is 1. The molecule has 0 aromatic rings. The average Bonchev–Trinajstić information content (AvgIpc) is 2.05.